The van der Waals surface area contributed by atoms with Crippen LogP contribution >= 0.6 is 11.3 Å². The fraction of sp³-hybridized carbons (Fsp3) is 0.600. The molecule has 1 saturated heterocycles. The van der Waals surface area contributed by atoms with Gasteiger partial charge in [0.2, 0.25) is 11.8 Å². The van der Waals surface area contributed by atoms with E-state index in [2.05, 4.69) is 5.32 Å². The number of nitrogens with one attached hydrogen (secondary N) is 1. The van der Waals surface area contributed by atoms with Gasteiger partial charge in [-0.15, -0.1) is 0 Å². The molecule has 0 saturated carbocycles. The molecule has 0 spiro atoms. The molecule has 2 rings (SSSR count). The van der Waals surface area contributed by atoms with Gasteiger partial charge >= 0.3 is 0 Å². The van der Waals surface area contributed by atoms with E-state index in [1.165, 1.54) is 0 Å². The van der Waals surface area contributed by atoms with Gasteiger partial charge in [-0.05, 0) is 49.1 Å². The van der Waals surface area contributed by atoms with Gasteiger partial charge in [0.25, 0.3) is 0 Å². The molecule has 0 radical (unpaired) electrons. The Morgan fingerprint density at radius 3 is 2.45 bits per heavy atom. The molecule has 1 aliphatic heterocycles. The highest BCUT2D eigenvalue weighted by Crippen LogP contribution is 2.32. The Labute approximate surface area is 124 Å². The lowest BCUT2D eigenvalue weighted by Crippen LogP contribution is -2.69. The highest BCUT2D eigenvalue weighted by Gasteiger charge is 2.48. The number of carbonyl (C=O) groups is 2. The van der Waals surface area contributed by atoms with Crippen molar-refractivity contribution in [1.82, 2.24) is 10.2 Å². The lowest BCUT2D eigenvalue weighted by molar-refractivity contribution is -0.158. The largest absolute Gasteiger partial charge is 0.340 e. The summed E-state index contributed by atoms with van der Waals surface area (Å²) in [5, 5.41) is 6.87. The quantitative estimate of drug-likeness (QED) is 0.931. The summed E-state index contributed by atoms with van der Waals surface area (Å²) in [6.07, 6.45) is 0. The van der Waals surface area contributed by atoms with Gasteiger partial charge in [0.1, 0.15) is 11.6 Å². The lowest BCUT2D eigenvalue weighted by Gasteiger charge is -2.47. The molecule has 2 unspecified atom stereocenters. The SMILES string of the molecule is CC(C)C1C(=O)NC(C)(C)C(=O)N1C(C)c1ccsc1. The summed E-state index contributed by atoms with van der Waals surface area (Å²) < 4.78 is 0. The Kier molecular flexibility index (Phi) is 3.91. The predicted octanol–water partition coefficient (Wildman–Crippen LogP) is 2.57. The Bertz CT molecular complexity index is 508. The van der Waals surface area contributed by atoms with E-state index >= 15 is 0 Å². The maximum Gasteiger partial charge on any atom is 0.248 e. The number of carbonyl (C=O) groups excluding carboxylic acids is 2. The third kappa shape index (κ3) is 2.46. The first-order valence-electron chi connectivity index (χ1n) is 6.92. The van der Waals surface area contributed by atoms with Crippen LogP contribution in [0.1, 0.15) is 46.2 Å². The van der Waals surface area contributed by atoms with E-state index in [0.717, 1.165) is 5.56 Å². The highest BCUT2D eigenvalue weighted by molar-refractivity contribution is 7.07. The van der Waals surface area contributed by atoms with Gasteiger partial charge < -0.3 is 10.2 Å². The van der Waals surface area contributed by atoms with Gasteiger partial charge in [-0.1, -0.05) is 13.8 Å². The Morgan fingerprint density at radius 1 is 1.30 bits per heavy atom. The van der Waals surface area contributed by atoms with E-state index in [-0.39, 0.29) is 23.8 Å². The van der Waals surface area contributed by atoms with Crippen LogP contribution in [0.5, 0.6) is 0 Å². The van der Waals surface area contributed by atoms with Crippen molar-refractivity contribution in [3.05, 3.63) is 22.4 Å². The molecule has 1 aromatic heterocycles. The summed E-state index contributed by atoms with van der Waals surface area (Å²) in [6, 6.07) is 1.51. The Balaban J connectivity index is 2.42. The van der Waals surface area contributed by atoms with Crippen molar-refractivity contribution in [1.29, 1.82) is 0 Å². The molecule has 0 aromatic carbocycles. The van der Waals surface area contributed by atoms with E-state index in [4.69, 9.17) is 0 Å². The Morgan fingerprint density at radius 2 is 1.95 bits per heavy atom. The van der Waals surface area contributed by atoms with E-state index in [1.54, 1.807) is 30.1 Å². The van der Waals surface area contributed by atoms with Crippen LogP contribution in [0.15, 0.2) is 16.8 Å². The molecule has 110 valence electrons. The van der Waals surface area contributed by atoms with Crippen LogP contribution in [0.2, 0.25) is 0 Å². The zero-order valence-electron chi connectivity index (χ0n) is 12.6. The number of hydrogen-bond acceptors (Lipinski definition) is 3. The molecule has 0 bridgehead atoms. The second kappa shape index (κ2) is 5.20. The van der Waals surface area contributed by atoms with Crippen LogP contribution in [0.3, 0.4) is 0 Å². The van der Waals surface area contributed by atoms with Crippen molar-refractivity contribution in [2.75, 3.05) is 0 Å². The summed E-state index contributed by atoms with van der Waals surface area (Å²) in [6.45, 7) is 9.46. The number of hydrogen-bond donors (Lipinski definition) is 1. The molecular weight excluding hydrogens is 272 g/mol. The van der Waals surface area contributed by atoms with Crippen LogP contribution in [0.4, 0.5) is 0 Å². The number of nitrogens with zero attached hydrogens (tertiary/aromatic N) is 1. The summed E-state index contributed by atoms with van der Waals surface area (Å²) in [5.74, 6) is -0.00249. The van der Waals surface area contributed by atoms with Crippen molar-refractivity contribution in [3.8, 4) is 0 Å². The van der Waals surface area contributed by atoms with Gasteiger partial charge in [-0.2, -0.15) is 11.3 Å². The molecule has 1 N–H and O–H groups in total. The standard InChI is InChI=1S/C15H22N2O2S/c1-9(2)12-13(18)16-15(4,5)14(19)17(12)10(3)11-6-7-20-8-11/h6-10,12H,1-5H3,(H,16,18). The maximum atomic E-state index is 12.8. The van der Waals surface area contributed by atoms with Crippen molar-refractivity contribution in [2.45, 2.75) is 52.2 Å². The van der Waals surface area contributed by atoms with Crippen molar-refractivity contribution in [2.24, 2.45) is 5.92 Å². The average Bonchev–Trinajstić information content (AvgIpc) is 2.85. The molecule has 20 heavy (non-hydrogen) atoms. The van der Waals surface area contributed by atoms with Gasteiger partial charge in [0.05, 0.1) is 6.04 Å². The van der Waals surface area contributed by atoms with Gasteiger partial charge in [0.15, 0.2) is 0 Å². The van der Waals surface area contributed by atoms with Crippen LogP contribution in [-0.4, -0.2) is 28.3 Å². The highest BCUT2D eigenvalue weighted by atomic mass is 32.1. The van der Waals surface area contributed by atoms with Gasteiger partial charge in [0, 0.05) is 0 Å². The summed E-state index contributed by atoms with van der Waals surface area (Å²) in [5.41, 5.74) is 0.242. The van der Waals surface area contributed by atoms with E-state index in [0.29, 0.717) is 0 Å². The number of rotatable bonds is 3. The van der Waals surface area contributed by atoms with E-state index < -0.39 is 11.6 Å². The monoisotopic (exact) mass is 294 g/mol. The van der Waals surface area contributed by atoms with Crippen molar-refractivity contribution in [3.63, 3.8) is 0 Å². The normalized spacial score (nSPS) is 23.9. The number of piperazine rings is 1. The van der Waals surface area contributed by atoms with E-state index in [9.17, 15) is 9.59 Å². The third-order valence-electron chi connectivity index (χ3n) is 3.85. The molecule has 0 aliphatic carbocycles. The topological polar surface area (TPSA) is 49.4 Å². The first-order chi connectivity index (χ1) is 9.25. The minimum Gasteiger partial charge on any atom is -0.340 e. The second-order valence-electron chi connectivity index (χ2n) is 6.25. The third-order valence-corrected chi connectivity index (χ3v) is 4.55. The average molecular weight is 294 g/mol. The summed E-state index contributed by atoms with van der Waals surface area (Å²) >= 11 is 1.60. The molecule has 5 heteroatoms. The summed E-state index contributed by atoms with van der Waals surface area (Å²) in [7, 11) is 0. The van der Waals surface area contributed by atoms with Crippen LogP contribution < -0.4 is 5.32 Å². The zero-order chi connectivity index (χ0) is 15.1. The first kappa shape index (κ1) is 15.0. The fourth-order valence-corrected chi connectivity index (χ4v) is 3.47. The second-order valence-corrected chi connectivity index (χ2v) is 7.03. The lowest BCUT2D eigenvalue weighted by atomic mass is 9.89. The fourth-order valence-electron chi connectivity index (χ4n) is 2.72. The minimum absolute atomic E-state index is 0.0190. The molecule has 2 atom stereocenters. The molecular formula is C15H22N2O2S. The van der Waals surface area contributed by atoms with Crippen LogP contribution in [0.25, 0.3) is 0 Å². The molecule has 2 heterocycles. The molecule has 4 nitrogen and oxygen atoms in total. The first-order valence-corrected chi connectivity index (χ1v) is 7.87. The maximum absolute atomic E-state index is 12.8. The number of amides is 2. The van der Waals surface area contributed by atoms with Gasteiger partial charge in [-0.3, -0.25) is 9.59 Å². The van der Waals surface area contributed by atoms with E-state index in [1.807, 2.05) is 37.6 Å². The summed E-state index contributed by atoms with van der Waals surface area (Å²) in [4.78, 5) is 26.9. The Hall–Kier alpha value is -1.36. The van der Waals surface area contributed by atoms with Crippen LogP contribution in [0, 0.1) is 5.92 Å². The smallest absolute Gasteiger partial charge is 0.248 e. The molecule has 2 amide bonds. The predicted molar refractivity (Wildman–Crippen MR) is 80.4 cm³/mol. The van der Waals surface area contributed by atoms with Crippen LogP contribution in [-0.2, 0) is 9.59 Å². The molecule has 1 fully saturated rings. The molecule has 1 aromatic rings. The zero-order valence-corrected chi connectivity index (χ0v) is 13.5. The minimum atomic E-state index is -0.841. The van der Waals surface area contributed by atoms with Gasteiger partial charge in [-0.25, -0.2) is 0 Å². The molecule has 1 aliphatic rings. The number of thiophene rings is 1. The van der Waals surface area contributed by atoms with Crippen molar-refractivity contribution < 1.29 is 9.59 Å². The van der Waals surface area contributed by atoms with Crippen molar-refractivity contribution >= 4 is 23.2 Å².